The van der Waals surface area contributed by atoms with Gasteiger partial charge in [0.1, 0.15) is 85.0 Å². The van der Waals surface area contributed by atoms with E-state index in [9.17, 15) is 153 Å². The molecule has 0 aliphatic heterocycles. The highest BCUT2D eigenvalue weighted by Crippen LogP contribution is 2.43. The average molecular weight is 2020 g/mol. The molecule has 0 unspecified atom stereocenters. The van der Waals surface area contributed by atoms with E-state index in [2.05, 4.69) is 31.3 Å². The molecular formula is C94H75Cl2F18N5O21. The molecule has 0 spiro atoms. The Hall–Kier alpha value is -15.0. The van der Waals surface area contributed by atoms with Gasteiger partial charge in [0.2, 0.25) is 29.5 Å². The van der Waals surface area contributed by atoms with Gasteiger partial charge in [-0.3, -0.25) is 24.0 Å². The maximum absolute atomic E-state index is 13.9. The summed E-state index contributed by atoms with van der Waals surface area (Å²) in [5.74, 6) is -11.0. The number of carbonyl (C=O) groups is 10. The summed E-state index contributed by atoms with van der Waals surface area (Å²) in [5, 5.41) is 58.9. The molecule has 10 aromatic carbocycles. The Morgan fingerprint density at radius 1 is 0.329 bits per heavy atom. The van der Waals surface area contributed by atoms with Crippen molar-refractivity contribution in [2.75, 3.05) is 26.6 Å². The third-order valence-electron chi connectivity index (χ3n) is 20.2. The molecule has 14 rings (SSSR count). The number of anilines is 5. The molecule has 0 aromatic heterocycles. The Morgan fingerprint density at radius 2 is 0.629 bits per heavy atom. The number of nitrogens with one attached hydrogen (secondary N) is 5. The molecule has 4 fully saturated rings. The van der Waals surface area contributed by atoms with Crippen LogP contribution < -0.4 is 55.0 Å². The van der Waals surface area contributed by atoms with Crippen molar-refractivity contribution in [2.24, 2.45) is 23.7 Å². The second kappa shape index (κ2) is 46.0. The molecule has 4 saturated carbocycles. The van der Waals surface area contributed by atoms with Crippen LogP contribution in [-0.4, -0.2) is 91.3 Å². The molecule has 10 aromatic rings. The monoisotopic (exact) mass is 2020 g/mol. The fourth-order valence-electron chi connectivity index (χ4n) is 12.3. The van der Waals surface area contributed by atoms with Gasteiger partial charge < -0.3 is 80.5 Å². The van der Waals surface area contributed by atoms with Gasteiger partial charge in [0, 0.05) is 63.4 Å². The highest BCUT2D eigenvalue weighted by atomic mass is 35.5. The second-order valence-corrected chi connectivity index (χ2v) is 31.8. The summed E-state index contributed by atoms with van der Waals surface area (Å²) in [6.07, 6.45) is -17.9. The van der Waals surface area contributed by atoms with Gasteiger partial charge in [-0.05, 0) is 209 Å². The number of hydrogen-bond donors (Lipinski definition) is 10. The van der Waals surface area contributed by atoms with E-state index in [1.165, 1.54) is 103 Å². The van der Waals surface area contributed by atoms with Crippen molar-refractivity contribution in [1.29, 1.82) is 0 Å². The number of halogens is 20. The van der Waals surface area contributed by atoms with Crippen molar-refractivity contribution in [3.63, 3.8) is 0 Å². The Labute approximate surface area is 789 Å². The number of carboxylic acid groups (broad SMARTS) is 5. The van der Waals surface area contributed by atoms with Crippen molar-refractivity contribution in [3.8, 4) is 34.5 Å². The van der Waals surface area contributed by atoms with Crippen molar-refractivity contribution in [1.82, 2.24) is 0 Å². The minimum atomic E-state index is -5.05. The summed E-state index contributed by atoms with van der Waals surface area (Å²) in [7, 11) is 0. The van der Waals surface area contributed by atoms with E-state index in [-0.39, 0.29) is 191 Å². The molecule has 26 nitrogen and oxygen atoms in total. The maximum Gasteiger partial charge on any atom is 0.573 e. The van der Waals surface area contributed by atoms with Crippen LogP contribution in [0.1, 0.15) is 167 Å². The normalized spacial score (nSPS) is 13.3. The number of carboxylic acids is 5. The summed E-state index contributed by atoms with van der Waals surface area (Å²) >= 11 is 11.4. The Kier molecular flexibility index (Phi) is 35.2. The first-order valence-electron chi connectivity index (χ1n) is 41.2. The summed E-state index contributed by atoms with van der Waals surface area (Å²) in [5.41, 5.74) is -5.72. The molecule has 0 saturated heterocycles. The summed E-state index contributed by atoms with van der Waals surface area (Å²) in [6.45, 7) is -0.205. The quantitative estimate of drug-likeness (QED) is 0.0180. The van der Waals surface area contributed by atoms with Crippen molar-refractivity contribution >= 4 is 111 Å². The zero-order valence-electron chi connectivity index (χ0n) is 71.9. The Morgan fingerprint density at radius 3 is 0.929 bits per heavy atom. The number of carbonyl (C=O) groups excluding carboxylic acids is 5. The van der Waals surface area contributed by atoms with Crippen LogP contribution in [0, 0.1) is 41.1 Å². The minimum Gasteiger partial charge on any atom is -0.489 e. The van der Waals surface area contributed by atoms with Crippen LogP contribution >= 0.6 is 23.2 Å². The molecule has 4 aliphatic rings. The van der Waals surface area contributed by atoms with Gasteiger partial charge in [0.25, 0.3) is 0 Å². The Balaban J connectivity index is 0.000000180. The maximum atomic E-state index is 13.9. The number of alkyl halides is 15. The molecule has 140 heavy (non-hydrogen) atoms. The van der Waals surface area contributed by atoms with Crippen LogP contribution in [0.3, 0.4) is 0 Å². The highest BCUT2D eigenvalue weighted by Gasteiger charge is 2.41. The predicted octanol–water partition coefficient (Wildman–Crippen LogP) is 23.3. The van der Waals surface area contributed by atoms with Crippen LogP contribution in [0.4, 0.5) is 107 Å². The molecule has 5 amide bonds. The first-order chi connectivity index (χ1) is 65.7. The fourth-order valence-corrected chi connectivity index (χ4v) is 12.7. The van der Waals surface area contributed by atoms with Gasteiger partial charge in [-0.2, -0.15) is 52.7 Å². The molecule has 10 N–H and O–H groups in total. The SMILES string of the molecule is CCC(=O)Nc1ccc(OCc2ccc(OC(F)(F)F)c(Cl)c2)cc1C(=O)O.O=C(O)c1cc(OCc2ccc(C(F)(F)F)cc2C(F)(F)F)ccc1NC(=O)C1CC1.O=C(O)c1cc(OCc2ccc(C(F)(F)F)cc2F)ccc1NC(=O)C1CC1.O=C(O)c1cc(OCc2ccc(Cl)cc2C(F)(F)F)ccc1NC(=O)C1CC1.O=C(O)c1cc(OCc2ccc(F)cc2F)ccc1NC(=O)C1CC1. The number of hydrogen-bond acceptors (Lipinski definition) is 16. The summed E-state index contributed by atoms with van der Waals surface area (Å²) in [6, 6.07) is 32.8. The third-order valence-corrected chi connectivity index (χ3v) is 20.8. The van der Waals surface area contributed by atoms with Crippen molar-refractivity contribution in [2.45, 2.75) is 129 Å². The van der Waals surface area contributed by atoms with Crippen molar-refractivity contribution in [3.05, 3.63) is 287 Å². The van der Waals surface area contributed by atoms with Gasteiger partial charge >= 0.3 is 60.9 Å². The second-order valence-electron chi connectivity index (χ2n) is 31.0. The fraction of sp³-hybridized carbons (Fsp3) is 0.255. The van der Waals surface area contributed by atoms with Crippen molar-refractivity contribution < 1.29 is 181 Å². The van der Waals surface area contributed by atoms with Crippen LogP contribution in [0.25, 0.3) is 0 Å². The average Bonchev–Trinajstić information content (AvgIpc) is 1.42. The number of amides is 5. The summed E-state index contributed by atoms with van der Waals surface area (Å²) in [4.78, 5) is 116. The lowest BCUT2D eigenvalue weighted by Crippen LogP contribution is -2.17. The van der Waals surface area contributed by atoms with E-state index in [0.29, 0.717) is 36.6 Å². The largest absolute Gasteiger partial charge is 0.573 e. The first-order valence-corrected chi connectivity index (χ1v) is 41.9. The lowest BCUT2D eigenvalue weighted by atomic mass is 10.0. The van der Waals surface area contributed by atoms with E-state index in [1.54, 1.807) is 6.92 Å². The van der Waals surface area contributed by atoms with E-state index >= 15 is 0 Å². The zero-order chi connectivity index (χ0) is 103. The van der Waals surface area contributed by atoms with Gasteiger partial charge in [-0.25, -0.2) is 37.1 Å². The first kappa shape index (κ1) is 107. The smallest absolute Gasteiger partial charge is 0.489 e. The molecule has 0 bridgehead atoms. The molecular weight excluding hydrogens is 1950 g/mol. The molecule has 0 atom stereocenters. The molecule has 742 valence electrons. The lowest BCUT2D eigenvalue weighted by Gasteiger charge is -2.17. The van der Waals surface area contributed by atoms with E-state index in [0.717, 1.165) is 93.1 Å². The van der Waals surface area contributed by atoms with Crippen LogP contribution in [0.2, 0.25) is 10.0 Å². The van der Waals surface area contributed by atoms with Crippen LogP contribution in [0.15, 0.2) is 182 Å². The van der Waals surface area contributed by atoms with Gasteiger partial charge in [-0.1, -0.05) is 54.4 Å². The molecule has 0 radical (unpaired) electrons. The molecule has 0 heterocycles. The van der Waals surface area contributed by atoms with Crippen LogP contribution in [-0.2, 0) is 81.7 Å². The number of rotatable bonds is 31. The third kappa shape index (κ3) is 32.1. The highest BCUT2D eigenvalue weighted by molar-refractivity contribution is 6.32. The van der Waals surface area contributed by atoms with Gasteiger partial charge in [0.05, 0.1) is 83.5 Å². The van der Waals surface area contributed by atoms with E-state index in [4.69, 9.17) is 46.9 Å². The Bertz CT molecular complexity index is 6320. The molecule has 4 aliphatic carbocycles. The topological polar surface area (TPSA) is 387 Å². The van der Waals surface area contributed by atoms with E-state index in [1.807, 2.05) is 0 Å². The van der Waals surface area contributed by atoms with Gasteiger partial charge in [-0.15, -0.1) is 13.2 Å². The minimum absolute atomic E-state index is 0.00209. The molecule has 46 heteroatoms. The van der Waals surface area contributed by atoms with Crippen LogP contribution in [0.5, 0.6) is 34.5 Å². The van der Waals surface area contributed by atoms with E-state index < -0.39 is 132 Å². The number of ether oxygens (including phenoxy) is 6. The lowest BCUT2D eigenvalue weighted by molar-refractivity contribution is -0.274. The van der Waals surface area contributed by atoms with Gasteiger partial charge in [0.15, 0.2) is 0 Å². The number of benzene rings is 10. The summed E-state index contributed by atoms with van der Waals surface area (Å²) < 4.78 is 263. The number of aromatic carboxylic acids is 5. The zero-order valence-corrected chi connectivity index (χ0v) is 73.4. The predicted molar refractivity (Wildman–Crippen MR) is 462 cm³/mol. The standard InChI is InChI=1S/C20H15F6NO4.C19H15ClF3NO4.C19H15F4NO4.C18H15ClF3NO5.C18H15F2NO4/c21-19(22,23)12-4-3-11(15(7-12)20(24,25)26)9-31-13-5-6-16(14(8-13)18(29)30)27-17(28)10-1-2-10;20-12-4-3-11(15(7-12)19(21,22)23)9-28-13-5-6-16(14(8-13)18(26)27)24-17(25)10-1-2-10;20-15-7-12(19(21,22)23)4-3-11(15)9-28-13-5-6-16(14(8-13)18(26)27)24-17(25)10-1-2-10;1-2-16(24)23-14-5-4-11(8-12(14)17(25)26)27-9-10-3-6-15(13(19)7-10)28-18(20,21)22;19-12-4-3-11(15(20)7-12)9-25-13-5-6-16(14(8-13)18(23)24)21-17(22)10-1-2-10/h3-8,10H,1-2,9H2,(H,27,28)(H,29,30);2*3-8,10H,1-2,9H2,(H,24,25)(H,26,27);3-8H,2,9H2,1H3,(H,23,24)(H,25,26);3-8,10H,1-2,9H2,(H,21,22)(H,23,24).